The summed E-state index contributed by atoms with van der Waals surface area (Å²) in [6.45, 7) is 12.4. The number of carbonyl (C=O) groups is 2. The number of aryl methyl sites for hydroxylation is 7. The zero-order chi connectivity index (χ0) is 38.7. The Hall–Kier alpha value is -5.86. The molecular formula is C39H40N4O8S2. The summed E-state index contributed by atoms with van der Waals surface area (Å²) >= 11 is 0. The van der Waals surface area contributed by atoms with E-state index in [4.69, 9.17) is 8.37 Å². The molecule has 0 bridgehead atoms. The summed E-state index contributed by atoms with van der Waals surface area (Å²) in [5.41, 5.74) is 6.56. The van der Waals surface area contributed by atoms with Crippen LogP contribution in [-0.4, -0.2) is 28.9 Å². The Morgan fingerprint density at radius 3 is 1.17 bits per heavy atom. The number of anilines is 4. The van der Waals surface area contributed by atoms with Crippen LogP contribution in [0.25, 0.3) is 0 Å². The molecule has 0 aliphatic carbocycles. The molecule has 5 aromatic rings. The molecule has 12 nitrogen and oxygen atoms in total. The van der Waals surface area contributed by atoms with Crippen molar-refractivity contribution in [3.8, 4) is 11.5 Å². The second-order valence-corrected chi connectivity index (χ2v) is 15.7. The van der Waals surface area contributed by atoms with Gasteiger partial charge in [-0.15, -0.1) is 0 Å². The van der Waals surface area contributed by atoms with E-state index in [1.807, 2.05) is 13.8 Å². The molecule has 0 unspecified atom stereocenters. The van der Waals surface area contributed by atoms with Crippen molar-refractivity contribution in [2.45, 2.75) is 58.3 Å². The molecule has 0 saturated heterocycles. The number of carbonyl (C=O) groups excluding carboxylic acids is 2. The Labute approximate surface area is 309 Å². The summed E-state index contributed by atoms with van der Waals surface area (Å²) in [6, 6.07) is 22.7. The van der Waals surface area contributed by atoms with E-state index in [1.54, 1.807) is 77.1 Å². The first-order valence-corrected chi connectivity index (χ1v) is 19.2. The lowest BCUT2D eigenvalue weighted by molar-refractivity contribution is 0.261. The largest absolute Gasteiger partial charge is 0.379 e. The smallest absolute Gasteiger partial charge is 0.339 e. The molecule has 0 fully saturated rings. The molecule has 0 spiro atoms. The quantitative estimate of drug-likeness (QED) is 0.103. The first-order chi connectivity index (χ1) is 24.9. The van der Waals surface area contributed by atoms with Gasteiger partial charge in [-0.2, -0.15) is 16.8 Å². The summed E-state index contributed by atoms with van der Waals surface area (Å²) in [7, 11) is -8.16. The maximum Gasteiger partial charge on any atom is 0.339 e. The maximum absolute atomic E-state index is 13.0. The number of urea groups is 2. The molecule has 5 rings (SSSR count). The van der Waals surface area contributed by atoms with Gasteiger partial charge < -0.3 is 29.6 Å². The van der Waals surface area contributed by atoms with Crippen molar-refractivity contribution >= 4 is 55.0 Å². The van der Waals surface area contributed by atoms with Crippen molar-refractivity contribution in [1.29, 1.82) is 0 Å². The van der Waals surface area contributed by atoms with Gasteiger partial charge in [-0.25, -0.2) is 9.59 Å². The predicted molar refractivity (Wildman–Crippen MR) is 206 cm³/mol. The van der Waals surface area contributed by atoms with Gasteiger partial charge in [0.1, 0.15) is 21.3 Å². The van der Waals surface area contributed by atoms with Crippen LogP contribution in [0.5, 0.6) is 11.5 Å². The molecule has 14 heteroatoms. The minimum atomic E-state index is -4.08. The highest BCUT2D eigenvalue weighted by molar-refractivity contribution is 7.87. The highest BCUT2D eigenvalue weighted by atomic mass is 32.2. The lowest BCUT2D eigenvalue weighted by atomic mass is 10.1. The molecule has 0 aliphatic heterocycles. The fourth-order valence-electron chi connectivity index (χ4n) is 6.06. The molecule has 0 aromatic heterocycles. The number of nitrogens with one attached hydrogen (secondary N) is 4. The van der Waals surface area contributed by atoms with Crippen molar-refractivity contribution in [2.24, 2.45) is 0 Å². The van der Waals surface area contributed by atoms with E-state index in [2.05, 4.69) is 21.3 Å². The Balaban J connectivity index is 1.16. The minimum Gasteiger partial charge on any atom is -0.379 e. The number of hydrogen-bond donors (Lipinski definition) is 4. The molecule has 0 radical (unpaired) electrons. The van der Waals surface area contributed by atoms with Gasteiger partial charge in [-0.05, 0) is 137 Å². The number of amides is 4. The average Bonchev–Trinajstić information content (AvgIpc) is 3.03. The predicted octanol–water partition coefficient (Wildman–Crippen LogP) is 8.67. The topological polar surface area (TPSA) is 169 Å². The van der Waals surface area contributed by atoms with Crippen molar-refractivity contribution in [3.63, 3.8) is 0 Å². The Bertz CT molecular complexity index is 2380. The Morgan fingerprint density at radius 1 is 0.434 bits per heavy atom. The standard InChI is InChI=1S/C39H40N4O8S2/c1-23-18-26(4)36(27(5)19-23)52(46,47)50-33-14-10-30(11-15-33)40-38(44)42-32-9-8-25(3)35(22-32)43-39(45)41-31-12-16-34(17-13-31)51-53(48,49)37-28(6)20-24(2)21-29(37)7/h8-22H,1-7H3,(H2,40,42,44)(H2,41,43,45). The highest BCUT2D eigenvalue weighted by Crippen LogP contribution is 2.29. The third kappa shape index (κ3) is 9.53. The SMILES string of the molecule is Cc1cc(C)c(S(=O)(=O)Oc2ccc(NC(=O)Nc3ccc(C)c(NC(=O)Nc4ccc(OS(=O)(=O)c5c(C)cc(C)cc5C)cc4)c3)cc2)c(C)c1. The lowest BCUT2D eigenvalue weighted by Gasteiger charge is -2.14. The monoisotopic (exact) mass is 756 g/mol. The van der Waals surface area contributed by atoms with Gasteiger partial charge in [-0.1, -0.05) is 41.5 Å². The highest BCUT2D eigenvalue weighted by Gasteiger charge is 2.24. The first kappa shape index (κ1) is 38.4. The maximum atomic E-state index is 13.0. The summed E-state index contributed by atoms with van der Waals surface area (Å²) in [6.07, 6.45) is 0. The normalized spacial score (nSPS) is 11.4. The van der Waals surface area contributed by atoms with Gasteiger partial charge in [0.15, 0.2) is 0 Å². The summed E-state index contributed by atoms with van der Waals surface area (Å²) < 4.78 is 62.7. The van der Waals surface area contributed by atoms with Crippen LogP contribution in [0.3, 0.4) is 0 Å². The van der Waals surface area contributed by atoms with Crippen LogP contribution in [-0.2, 0) is 20.2 Å². The fraction of sp³-hybridized carbons (Fsp3) is 0.179. The van der Waals surface area contributed by atoms with Crippen LogP contribution in [0, 0.1) is 48.5 Å². The van der Waals surface area contributed by atoms with E-state index in [0.717, 1.165) is 16.7 Å². The molecule has 5 aromatic carbocycles. The van der Waals surface area contributed by atoms with E-state index in [9.17, 15) is 26.4 Å². The first-order valence-electron chi connectivity index (χ1n) is 16.4. The van der Waals surface area contributed by atoms with Crippen LogP contribution in [0.2, 0.25) is 0 Å². The Morgan fingerprint density at radius 2 is 0.774 bits per heavy atom. The summed E-state index contributed by atoms with van der Waals surface area (Å²) in [4.78, 5) is 25.9. The molecule has 4 N–H and O–H groups in total. The second-order valence-electron chi connectivity index (χ2n) is 12.8. The van der Waals surface area contributed by atoms with Crippen LogP contribution in [0.4, 0.5) is 32.3 Å². The van der Waals surface area contributed by atoms with Crippen LogP contribution in [0.1, 0.15) is 38.9 Å². The molecule has 0 heterocycles. The molecule has 4 amide bonds. The molecule has 0 saturated carbocycles. The second kappa shape index (κ2) is 15.4. The zero-order valence-corrected chi connectivity index (χ0v) is 31.9. The van der Waals surface area contributed by atoms with Crippen LogP contribution >= 0.6 is 0 Å². The van der Waals surface area contributed by atoms with Crippen molar-refractivity contribution < 1.29 is 34.8 Å². The number of benzene rings is 5. The van der Waals surface area contributed by atoms with Gasteiger partial charge in [0, 0.05) is 22.7 Å². The minimum absolute atomic E-state index is 0.0864. The van der Waals surface area contributed by atoms with Gasteiger partial charge in [0.25, 0.3) is 0 Å². The summed E-state index contributed by atoms with van der Waals surface area (Å²) in [5.74, 6) is 0.173. The van der Waals surface area contributed by atoms with E-state index in [1.165, 1.54) is 48.5 Å². The zero-order valence-electron chi connectivity index (χ0n) is 30.2. The summed E-state index contributed by atoms with van der Waals surface area (Å²) in [5, 5.41) is 10.8. The average molecular weight is 757 g/mol. The molecule has 276 valence electrons. The fourth-order valence-corrected chi connectivity index (χ4v) is 8.77. The lowest BCUT2D eigenvalue weighted by Crippen LogP contribution is -2.21. The molecule has 53 heavy (non-hydrogen) atoms. The third-order valence-electron chi connectivity index (χ3n) is 8.09. The van der Waals surface area contributed by atoms with Crippen LogP contribution < -0.4 is 29.6 Å². The molecular weight excluding hydrogens is 717 g/mol. The van der Waals surface area contributed by atoms with Gasteiger partial charge in [-0.3, -0.25) is 0 Å². The number of hydrogen-bond acceptors (Lipinski definition) is 8. The van der Waals surface area contributed by atoms with Crippen molar-refractivity contribution in [1.82, 2.24) is 0 Å². The van der Waals surface area contributed by atoms with E-state index in [0.29, 0.717) is 45.0 Å². The van der Waals surface area contributed by atoms with E-state index < -0.39 is 32.3 Å². The van der Waals surface area contributed by atoms with Gasteiger partial charge in [0.2, 0.25) is 0 Å². The van der Waals surface area contributed by atoms with Gasteiger partial charge in [0.05, 0.1) is 0 Å². The Kier molecular flexibility index (Phi) is 11.1. The van der Waals surface area contributed by atoms with Gasteiger partial charge >= 0.3 is 32.3 Å². The van der Waals surface area contributed by atoms with E-state index >= 15 is 0 Å². The molecule has 0 atom stereocenters. The van der Waals surface area contributed by atoms with E-state index in [-0.39, 0.29) is 21.3 Å². The van der Waals surface area contributed by atoms with Crippen LogP contribution in [0.15, 0.2) is 101 Å². The van der Waals surface area contributed by atoms with Crippen molar-refractivity contribution in [3.05, 3.63) is 130 Å². The number of rotatable bonds is 10. The molecule has 0 aliphatic rings. The third-order valence-corrected chi connectivity index (χ3v) is 11.2. The van der Waals surface area contributed by atoms with Crippen molar-refractivity contribution in [2.75, 3.05) is 21.3 Å².